The molecule has 2 aromatic rings. The molecule has 2 rings (SSSR count). The summed E-state index contributed by atoms with van der Waals surface area (Å²) < 4.78 is 11.2. The summed E-state index contributed by atoms with van der Waals surface area (Å²) in [4.78, 5) is 15.4. The number of methoxy groups -OCH3 is 1. The van der Waals surface area contributed by atoms with E-state index < -0.39 is 12.1 Å². The van der Waals surface area contributed by atoms with Gasteiger partial charge in [-0.15, -0.1) is 0 Å². The number of nitrogens with zero attached hydrogens (tertiary/aromatic N) is 1. The molecule has 1 unspecified atom stereocenters. The number of ether oxygens (including phenoxy) is 2. The van der Waals surface area contributed by atoms with Gasteiger partial charge in [0, 0.05) is 27.6 Å². The molecule has 0 amide bonds. The van der Waals surface area contributed by atoms with E-state index >= 15 is 0 Å². The molecule has 0 N–H and O–H groups in total. The smallest absolute Gasteiger partial charge is 0.346 e. The zero-order valence-corrected chi connectivity index (χ0v) is 11.6. The second-order valence-corrected chi connectivity index (χ2v) is 4.60. The van der Waals surface area contributed by atoms with Crippen LogP contribution in [0, 0.1) is 0 Å². The highest BCUT2D eigenvalue weighted by molar-refractivity contribution is 9.10. The average Bonchev–Trinajstić information content (AvgIpc) is 2.41. The van der Waals surface area contributed by atoms with Crippen LogP contribution in [0.1, 0.15) is 6.92 Å². The molecule has 5 heteroatoms. The molecule has 1 aromatic carbocycles. The molecule has 0 aliphatic heterocycles. The van der Waals surface area contributed by atoms with Crippen LogP contribution in [-0.4, -0.2) is 24.2 Å². The monoisotopic (exact) mass is 309 g/mol. The van der Waals surface area contributed by atoms with Gasteiger partial charge in [0.25, 0.3) is 0 Å². The molecule has 4 nitrogen and oxygen atoms in total. The van der Waals surface area contributed by atoms with Gasteiger partial charge in [-0.2, -0.15) is 0 Å². The summed E-state index contributed by atoms with van der Waals surface area (Å²) in [6, 6.07) is 5.56. The number of hydrogen-bond acceptors (Lipinski definition) is 4. The Morgan fingerprint density at radius 3 is 2.83 bits per heavy atom. The van der Waals surface area contributed by atoms with Gasteiger partial charge in [0.15, 0.2) is 6.10 Å². The van der Waals surface area contributed by atoms with Crippen molar-refractivity contribution in [1.29, 1.82) is 0 Å². The highest BCUT2D eigenvalue weighted by atomic mass is 79.9. The van der Waals surface area contributed by atoms with Crippen LogP contribution in [0.4, 0.5) is 0 Å². The highest BCUT2D eigenvalue weighted by Crippen LogP contribution is 2.31. The van der Waals surface area contributed by atoms with Crippen LogP contribution in [0.3, 0.4) is 0 Å². The van der Waals surface area contributed by atoms with Crippen LogP contribution in [0.25, 0.3) is 10.8 Å². The topological polar surface area (TPSA) is 48.4 Å². The van der Waals surface area contributed by atoms with E-state index in [2.05, 4.69) is 25.7 Å². The third-order valence-corrected chi connectivity index (χ3v) is 3.25. The summed E-state index contributed by atoms with van der Waals surface area (Å²) in [6.45, 7) is 1.65. The van der Waals surface area contributed by atoms with Crippen molar-refractivity contribution in [2.24, 2.45) is 0 Å². The molecule has 0 bridgehead atoms. The number of rotatable bonds is 3. The second kappa shape index (κ2) is 5.35. The lowest BCUT2D eigenvalue weighted by molar-refractivity contribution is -0.147. The molecule has 1 heterocycles. The lowest BCUT2D eigenvalue weighted by Crippen LogP contribution is -2.24. The van der Waals surface area contributed by atoms with Gasteiger partial charge in [-0.3, -0.25) is 4.98 Å². The zero-order chi connectivity index (χ0) is 13.1. The Kier molecular flexibility index (Phi) is 3.81. The summed E-state index contributed by atoms with van der Waals surface area (Å²) in [5.41, 5.74) is 0. The van der Waals surface area contributed by atoms with E-state index in [9.17, 15) is 4.79 Å². The first-order chi connectivity index (χ1) is 8.63. The minimum absolute atomic E-state index is 0.407. The van der Waals surface area contributed by atoms with E-state index in [4.69, 9.17) is 4.74 Å². The maximum absolute atomic E-state index is 11.3. The van der Waals surface area contributed by atoms with E-state index in [1.54, 1.807) is 25.4 Å². The van der Waals surface area contributed by atoms with Crippen molar-refractivity contribution >= 4 is 32.7 Å². The minimum atomic E-state index is -0.653. The highest BCUT2D eigenvalue weighted by Gasteiger charge is 2.16. The summed E-state index contributed by atoms with van der Waals surface area (Å²) in [7, 11) is 1.34. The number of esters is 1. The number of fused-ring (bicyclic) bond motifs is 1. The number of aromatic nitrogens is 1. The molecule has 1 atom stereocenters. The first-order valence-corrected chi connectivity index (χ1v) is 6.19. The first kappa shape index (κ1) is 12.8. The fourth-order valence-corrected chi connectivity index (χ4v) is 2.11. The number of carbonyl (C=O) groups excluding carboxylic acids is 1. The van der Waals surface area contributed by atoms with Crippen molar-refractivity contribution in [1.82, 2.24) is 4.98 Å². The largest absolute Gasteiger partial charge is 0.478 e. The van der Waals surface area contributed by atoms with Gasteiger partial charge >= 0.3 is 5.97 Å². The number of hydrogen-bond donors (Lipinski definition) is 0. The maximum atomic E-state index is 11.3. The SMILES string of the molecule is COC(=O)C(C)Oc1ccc(Br)c2ccncc12. The van der Waals surface area contributed by atoms with Crippen LogP contribution in [-0.2, 0) is 9.53 Å². The van der Waals surface area contributed by atoms with Crippen LogP contribution in [0.5, 0.6) is 5.75 Å². The Morgan fingerprint density at radius 1 is 1.33 bits per heavy atom. The predicted molar refractivity (Wildman–Crippen MR) is 71.5 cm³/mol. The Balaban J connectivity index is 2.40. The number of benzene rings is 1. The molecular weight excluding hydrogens is 298 g/mol. The standard InChI is InChI=1S/C13H12BrNO3/c1-8(13(16)17-2)18-12-4-3-11(14)9-5-6-15-7-10(9)12/h3-8H,1-2H3. The Morgan fingerprint density at radius 2 is 2.11 bits per heavy atom. The van der Waals surface area contributed by atoms with E-state index in [1.807, 2.05) is 12.1 Å². The Bertz CT molecular complexity index is 585. The lowest BCUT2D eigenvalue weighted by Gasteiger charge is -2.14. The van der Waals surface area contributed by atoms with Gasteiger partial charge in [0.05, 0.1) is 7.11 Å². The van der Waals surface area contributed by atoms with Gasteiger partial charge in [0.2, 0.25) is 0 Å². The average molecular weight is 310 g/mol. The van der Waals surface area contributed by atoms with Gasteiger partial charge in [-0.1, -0.05) is 15.9 Å². The normalized spacial score (nSPS) is 12.2. The molecule has 94 valence electrons. The van der Waals surface area contributed by atoms with E-state index in [0.29, 0.717) is 5.75 Å². The van der Waals surface area contributed by atoms with Crippen LogP contribution < -0.4 is 4.74 Å². The second-order valence-electron chi connectivity index (χ2n) is 3.75. The van der Waals surface area contributed by atoms with Gasteiger partial charge in [-0.05, 0) is 25.1 Å². The predicted octanol–water partition coefficient (Wildman–Crippen LogP) is 2.94. The molecule has 0 fully saturated rings. The fraction of sp³-hybridized carbons (Fsp3) is 0.231. The molecule has 18 heavy (non-hydrogen) atoms. The van der Waals surface area contributed by atoms with Crippen molar-refractivity contribution < 1.29 is 14.3 Å². The lowest BCUT2D eigenvalue weighted by atomic mass is 10.1. The summed E-state index contributed by atoms with van der Waals surface area (Å²) in [5.74, 6) is 0.203. The van der Waals surface area contributed by atoms with Gasteiger partial charge in [0.1, 0.15) is 5.75 Å². The molecule has 0 aliphatic rings. The van der Waals surface area contributed by atoms with Crippen molar-refractivity contribution in [3.63, 3.8) is 0 Å². The minimum Gasteiger partial charge on any atom is -0.478 e. The van der Waals surface area contributed by atoms with E-state index in [-0.39, 0.29) is 0 Å². The number of pyridine rings is 1. The summed E-state index contributed by atoms with van der Waals surface area (Å²) in [5, 5.41) is 1.84. The van der Waals surface area contributed by atoms with Gasteiger partial charge in [-0.25, -0.2) is 4.79 Å². The third-order valence-electron chi connectivity index (χ3n) is 2.56. The van der Waals surface area contributed by atoms with E-state index in [0.717, 1.165) is 15.2 Å². The van der Waals surface area contributed by atoms with E-state index in [1.165, 1.54) is 7.11 Å². The number of carbonyl (C=O) groups is 1. The first-order valence-electron chi connectivity index (χ1n) is 5.40. The van der Waals surface area contributed by atoms with Crippen molar-refractivity contribution in [2.45, 2.75) is 13.0 Å². The maximum Gasteiger partial charge on any atom is 0.346 e. The van der Waals surface area contributed by atoms with Gasteiger partial charge < -0.3 is 9.47 Å². The van der Waals surface area contributed by atoms with Crippen LogP contribution in [0.2, 0.25) is 0 Å². The zero-order valence-electron chi connectivity index (χ0n) is 10.0. The molecule has 0 saturated carbocycles. The molecule has 0 radical (unpaired) electrons. The molecule has 0 saturated heterocycles. The van der Waals surface area contributed by atoms with Crippen molar-refractivity contribution in [3.05, 3.63) is 35.1 Å². The molecule has 1 aromatic heterocycles. The Labute approximate surface area is 113 Å². The third kappa shape index (κ3) is 2.46. The molecule has 0 aliphatic carbocycles. The number of halogens is 1. The van der Waals surface area contributed by atoms with Crippen LogP contribution in [0.15, 0.2) is 35.1 Å². The Hall–Kier alpha value is -1.62. The van der Waals surface area contributed by atoms with Crippen molar-refractivity contribution in [2.75, 3.05) is 7.11 Å². The fourth-order valence-electron chi connectivity index (χ4n) is 1.63. The molecular formula is C13H12BrNO3. The quantitative estimate of drug-likeness (QED) is 0.818. The summed E-state index contributed by atoms with van der Waals surface area (Å²) >= 11 is 3.46. The van der Waals surface area contributed by atoms with Crippen molar-refractivity contribution in [3.8, 4) is 5.75 Å². The van der Waals surface area contributed by atoms with Crippen LogP contribution >= 0.6 is 15.9 Å². The summed E-state index contributed by atoms with van der Waals surface area (Å²) in [6.07, 6.45) is 2.76. The molecule has 0 spiro atoms.